The van der Waals surface area contributed by atoms with Crippen LogP contribution >= 0.6 is 0 Å². The van der Waals surface area contributed by atoms with E-state index in [2.05, 4.69) is 16.3 Å². The number of benzene rings is 1. The fourth-order valence-electron chi connectivity index (χ4n) is 5.68. The second kappa shape index (κ2) is 9.91. The molecule has 2 aromatic heterocycles. The topological polar surface area (TPSA) is 120 Å². The Hall–Kier alpha value is -4.23. The molecule has 194 valence electrons. The number of fused-ring (bicyclic) bond motifs is 2. The number of imidazole rings is 1. The summed E-state index contributed by atoms with van der Waals surface area (Å²) in [5.74, 6) is -0.192. The highest BCUT2D eigenvalue weighted by atomic mass is 16.5. The maximum atomic E-state index is 12.9. The molecular weight excluding hydrogens is 484 g/mol. The number of rotatable bonds is 6. The van der Waals surface area contributed by atoms with E-state index < -0.39 is 11.9 Å². The molecule has 2 fully saturated rings. The Kier molecular flexibility index (Phi) is 6.29. The summed E-state index contributed by atoms with van der Waals surface area (Å²) in [6, 6.07) is 10.8. The number of piperidine rings is 2. The molecule has 2 saturated heterocycles. The fourth-order valence-corrected chi connectivity index (χ4v) is 5.68. The molecule has 3 amide bonds. The number of nitrogens with one attached hydrogen (secondary N) is 1. The number of ether oxygens (including phenoxy) is 1. The van der Waals surface area contributed by atoms with Crippen LogP contribution in [-0.2, 0) is 22.7 Å². The van der Waals surface area contributed by atoms with E-state index in [1.54, 1.807) is 23.1 Å². The van der Waals surface area contributed by atoms with Gasteiger partial charge in [0.1, 0.15) is 24.0 Å². The van der Waals surface area contributed by atoms with Gasteiger partial charge in [-0.3, -0.25) is 24.6 Å². The zero-order chi connectivity index (χ0) is 26.2. The third kappa shape index (κ3) is 4.61. The van der Waals surface area contributed by atoms with Gasteiger partial charge in [-0.1, -0.05) is 6.42 Å². The van der Waals surface area contributed by atoms with Crippen LogP contribution in [0.15, 0.2) is 42.7 Å². The van der Waals surface area contributed by atoms with E-state index in [0.717, 1.165) is 42.7 Å². The molecular formula is C28H28N6O4. The largest absolute Gasteiger partial charge is 0.492 e. The van der Waals surface area contributed by atoms with E-state index in [1.807, 2.05) is 28.9 Å². The Morgan fingerprint density at radius 2 is 2.03 bits per heavy atom. The van der Waals surface area contributed by atoms with Gasteiger partial charge in [0, 0.05) is 43.5 Å². The van der Waals surface area contributed by atoms with Gasteiger partial charge in [0.2, 0.25) is 11.8 Å². The Balaban J connectivity index is 1.11. The SMILES string of the molecule is N#Cc1ccn2cc(CN3CCCC[C@@H]3COc3ccc4c(c3)CN(C3CCC(=O)NC3=O)C4=O)nc2c1. The molecule has 1 aromatic carbocycles. The summed E-state index contributed by atoms with van der Waals surface area (Å²) in [5, 5.41) is 11.5. The normalized spacial score (nSPS) is 21.9. The Bertz CT molecular complexity index is 1470. The minimum atomic E-state index is -0.626. The quantitative estimate of drug-likeness (QED) is 0.504. The number of hydrogen-bond acceptors (Lipinski definition) is 7. The summed E-state index contributed by atoms with van der Waals surface area (Å²) in [5.41, 5.74) is 3.72. The highest BCUT2D eigenvalue weighted by Crippen LogP contribution is 2.30. The number of pyridine rings is 1. The van der Waals surface area contributed by atoms with Crippen molar-refractivity contribution in [2.75, 3.05) is 13.2 Å². The molecule has 0 spiro atoms. The van der Waals surface area contributed by atoms with Crippen LogP contribution in [0.1, 0.15) is 59.3 Å². The number of likely N-dealkylation sites (tertiary alicyclic amines) is 1. The minimum Gasteiger partial charge on any atom is -0.492 e. The molecule has 0 bridgehead atoms. The first-order valence-corrected chi connectivity index (χ1v) is 13.0. The number of carbonyl (C=O) groups is 3. The van der Waals surface area contributed by atoms with Gasteiger partial charge in [-0.15, -0.1) is 0 Å². The molecule has 1 unspecified atom stereocenters. The van der Waals surface area contributed by atoms with Crippen LogP contribution in [0, 0.1) is 11.3 Å². The Labute approximate surface area is 219 Å². The standard InChI is InChI=1S/C28H28N6O4/c29-13-18-8-10-33-16-20(30-25(33)11-18)15-32-9-2-1-3-21(32)17-38-22-4-5-23-19(12-22)14-34(28(23)37)24-6-7-26(35)31-27(24)36/h4-5,8,10-12,16,21,24H,1-3,6-7,9,14-15,17H2,(H,31,35,36)/t21-,24?/m1/s1. The molecule has 0 saturated carbocycles. The van der Waals surface area contributed by atoms with Crippen LogP contribution in [0.3, 0.4) is 0 Å². The molecule has 3 aliphatic heterocycles. The molecule has 10 heteroatoms. The summed E-state index contributed by atoms with van der Waals surface area (Å²) in [4.78, 5) is 45.4. The number of carbonyl (C=O) groups excluding carboxylic acids is 3. The van der Waals surface area contributed by atoms with Gasteiger partial charge in [0.05, 0.1) is 17.3 Å². The van der Waals surface area contributed by atoms with Gasteiger partial charge in [0.25, 0.3) is 5.91 Å². The van der Waals surface area contributed by atoms with Crippen LogP contribution in [0.25, 0.3) is 5.65 Å². The highest BCUT2D eigenvalue weighted by molar-refractivity contribution is 6.05. The summed E-state index contributed by atoms with van der Waals surface area (Å²) >= 11 is 0. The van der Waals surface area contributed by atoms with Gasteiger partial charge in [-0.25, -0.2) is 4.98 Å². The van der Waals surface area contributed by atoms with Crippen molar-refractivity contribution in [2.24, 2.45) is 0 Å². The lowest BCUT2D eigenvalue weighted by molar-refractivity contribution is -0.136. The lowest BCUT2D eigenvalue weighted by Gasteiger charge is -2.35. The molecule has 3 aromatic rings. The predicted molar refractivity (Wildman–Crippen MR) is 136 cm³/mol. The van der Waals surface area contributed by atoms with Crippen molar-refractivity contribution in [3.8, 4) is 11.8 Å². The summed E-state index contributed by atoms with van der Waals surface area (Å²) in [6.07, 6.45) is 7.74. The number of aromatic nitrogens is 2. The minimum absolute atomic E-state index is 0.186. The van der Waals surface area contributed by atoms with Crippen molar-refractivity contribution in [2.45, 2.75) is 57.3 Å². The number of imide groups is 1. The van der Waals surface area contributed by atoms with Crippen LogP contribution in [0.5, 0.6) is 5.75 Å². The third-order valence-electron chi connectivity index (χ3n) is 7.69. The van der Waals surface area contributed by atoms with Gasteiger partial charge >= 0.3 is 0 Å². The van der Waals surface area contributed by atoms with Crippen LogP contribution in [0.4, 0.5) is 0 Å². The van der Waals surface area contributed by atoms with Crippen LogP contribution in [0.2, 0.25) is 0 Å². The maximum Gasteiger partial charge on any atom is 0.255 e. The van der Waals surface area contributed by atoms with Crippen molar-refractivity contribution >= 4 is 23.4 Å². The predicted octanol–water partition coefficient (Wildman–Crippen LogP) is 2.40. The smallest absolute Gasteiger partial charge is 0.255 e. The van der Waals surface area contributed by atoms with Crippen molar-refractivity contribution in [1.29, 1.82) is 5.26 Å². The number of amides is 3. The van der Waals surface area contributed by atoms with Crippen molar-refractivity contribution in [1.82, 2.24) is 24.5 Å². The van der Waals surface area contributed by atoms with E-state index >= 15 is 0 Å². The Morgan fingerprint density at radius 1 is 1.13 bits per heavy atom. The second-order valence-electron chi connectivity index (χ2n) is 10.2. The monoisotopic (exact) mass is 512 g/mol. The van der Waals surface area contributed by atoms with E-state index in [1.165, 1.54) is 0 Å². The van der Waals surface area contributed by atoms with Gasteiger partial charge in [0.15, 0.2) is 0 Å². The fraction of sp³-hybridized carbons (Fsp3) is 0.393. The van der Waals surface area contributed by atoms with Gasteiger partial charge < -0.3 is 14.0 Å². The lowest BCUT2D eigenvalue weighted by Crippen LogP contribution is -2.52. The summed E-state index contributed by atoms with van der Waals surface area (Å²) in [7, 11) is 0. The van der Waals surface area contributed by atoms with E-state index in [9.17, 15) is 14.4 Å². The molecule has 5 heterocycles. The lowest BCUT2D eigenvalue weighted by atomic mass is 10.0. The second-order valence-corrected chi connectivity index (χ2v) is 10.2. The zero-order valence-corrected chi connectivity index (χ0v) is 20.9. The molecule has 6 rings (SSSR count). The molecule has 38 heavy (non-hydrogen) atoms. The van der Waals surface area contributed by atoms with E-state index in [0.29, 0.717) is 43.0 Å². The molecule has 3 aliphatic rings. The average molecular weight is 513 g/mol. The highest BCUT2D eigenvalue weighted by Gasteiger charge is 2.39. The molecule has 0 aliphatic carbocycles. The summed E-state index contributed by atoms with van der Waals surface area (Å²) in [6.45, 7) is 2.52. The molecule has 10 nitrogen and oxygen atoms in total. The first-order chi connectivity index (χ1) is 18.5. The first kappa shape index (κ1) is 24.1. The first-order valence-electron chi connectivity index (χ1n) is 13.0. The zero-order valence-electron chi connectivity index (χ0n) is 20.9. The van der Waals surface area contributed by atoms with Gasteiger partial charge in [-0.05, 0) is 61.7 Å². The molecule has 0 radical (unpaired) electrons. The van der Waals surface area contributed by atoms with E-state index in [-0.39, 0.29) is 24.3 Å². The molecule has 2 atom stereocenters. The number of nitrogens with zero attached hydrogens (tertiary/aromatic N) is 5. The molecule has 1 N–H and O–H groups in total. The van der Waals surface area contributed by atoms with Gasteiger partial charge in [-0.2, -0.15) is 5.26 Å². The van der Waals surface area contributed by atoms with Crippen LogP contribution < -0.4 is 10.1 Å². The average Bonchev–Trinajstić information content (AvgIpc) is 3.47. The van der Waals surface area contributed by atoms with Crippen LogP contribution in [-0.4, -0.2) is 62.1 Å². The number of hydrogen-bond donors (Lipinski definition) is 1. The summed E-state index contributed by atoms with van der Waals surface area (Å²) < 4.78 is 8.16. The van der Waals surface area contributed by atoms with Crippen molar-refractivity contribution in [3.05, 3.63) is 65.1 Å². The van der Waals surface area contributed by atoms with E-state index in [4.69, 9.17) is 15.0 Å². The Morgan fingerprint density at radius 3 is 2.87 bits per heavy atom. The number of nitriles is 1. The maximum absolute atomic E-state index is 12.9. The van der Waals surface area contributed by atoms with Crippen molar-refractivity contribution < 1.29 is 19.1 Å². The third-order valence-corrected chi connectivity index (χ3v) is 7.69. The van der Waals surface area contributed by atoms with Crippen molar-refractivity contribution in [3.63, 3.8) is 0 Å².